The van der Waals surface area contributed by atoms with Crippen LogP contribution in [0, 0.1) is 0 Å². The van der Waals surface area contributed by atoms with E-state index in [1.807, 2.05) is 0 Å². The highest BCUT2D eigenvalue weighted by Gasteiger charge is 2.06. The molecule has 12 heavy (non-hydrogen) atoms. The third kappa shape index (κ3) is 0.920. The summed E-state index contributed by atoms with van der Waals surface area (Å²) in [5.74, 6) is 0.231. The molecule has 5 nitrogen and oxygen atoms in total. The van der Waals surface area contributed by atoms with Gasteiger partial charge in [0.05, 0.1) is 6.33 Å². The third-order valence-corrected chi connectivity index (χ3v) is 1.59. The molecule has 2 aromatic rings. The van der Waals surface area contributed by atoms with Gasteiger partial charge in [-0.25, -0.2) is 4.98 Å². The van der Waals surface area contributed by atoms with Gasteiger partial charge in [-0.05, 0) is 11.6 Å². The molecule has 7 heteroatoms. The van der Waals surface area contributed by atoms with E-state index in [2.05, 4.69) is 15.0 Å². The molecule has 0 spiro atoms. The summed E-state index contributed by atoms with van der Waals surface area (Å²) in [6.45, 7) is 0. The number of nitrogen functional groups attached to an aromatic ring is 1. The lowest BCUT2D eigenvalue weighted by molar-refractivity contribution is 1.17. The Morgan fingerprint density at radius 3 is 3.00 bits per heavy atom. The van der Waals surface area contributed by atoms with Crippen molar-refractivity contribution >= 4 is 36.6 Å². The molecule has 0 amide bonds. The monoisotopic (exact) mass is 179 g/mol. The van der Waals surface area contributed by atoms with Crippen molar-refractivity contribution < 1.29 is 0 Å². The van der Waals surface area contributed by atoms with Crippen LogP contribution in [0.25, 0.3) is 11.2 Å². The Balaban J connectivity index is 2.92. The van der Waals surface area contributed by atoms with Gasteiger partial charge >= 0.3 is 0 Å². The van der Waals surface area contributed by atoms with Gasteiger partial charge in [0.2, 0.25) is 13.3 Å². The van der Waals surface area contributed by atoms with Crippen LogP contribution in [0.5, 0.6) is 0 Å². The Labute approximate surface area is 74.0 Å². The quantitative estimate of drug-likeness (QED) is 0.456. The van der Waals surface area contributed by atoms with Gasteiger partial charge in [0.1, 0.15) is 5.52 Å². The Morgan fingerprint density at radius 2 is 2.25 bits per heavy atom. The van der Waals surface area contributed by atoms with Crippen LogP contribution in [0.2, 0.25) is 5.28 Å². The normalized spacial score (nSPS) is 10.8. The zero-order valence-electron chi connectivity index (χ0n) is 5.90. The van der Waals surface area contributed by atoms with Gasteiger partial charge in [0, 0.05) is 0 Å². The molecule has 0 saturated carbocycles. The van der Waals surface area contributed by atoms with E-state index in [-0.39, 0.29) is 11.1 Å². The first kappa shape index (κ1) is 7.36. The second-order valence-electron chi connectivity index (χ2n) is 2.20. The number of halogens is 1. The predicted molar refractivity (Wildman–Crippen MR) is 45.9 cm³/mol. The fourth-order valence-electron chi connectivity index (χ4n) is 0.911. The second kappa shape index (κ2) is 2.35. The van der Waals surface area contributed by atoms with E-state index < -0.39 is 0 Å². The van der Waals surface area contributed by atoms with Crippen LogP contribution >= 0.6 is 11.6 Å². The van der Waals surface area contributed by atoms with Crippen molar-refractivity contribution in [3.8, 4) is 0 Å². The van der Waals surface area contributed by atoms with Crippen LogP contribution in [0.4, 0.5) is 5.82 Å². The van der Waals surface area contributed by atoms with Crippen LogP contribution < -0.4 is 5.73 Å². The van der Waals surface area contributed by atoms with E-state index in [9.17, 15) is 0 Å². The number of anilines is 1. The number of nitrogens with two attached hydrogens (primary N) is 1. The third-order valence-electron chi connectivity index (χ3n) is 1.42. The first-order valence-corrected chi connectivity index (χ1v) is 3.47. The van der Waals surface area contributed by atoms with E-state index in [4.69, 9.17) is 25.3 Å². The highest BCUT2D eigenvalue weighted by Crippen LogP contribution is 2.16. The van der Waals surface area contributed by atoms with E-state index in [0.29, 0.717) is 11.2 Å². The number of imidazole rings is 1. The van der Waals surface area contributed by atoms with Gasteiger partial charge in [0.25, 0.3) is 0 Å². The average molecular weight is 179 g/mol. The molecular formula is C5H3BClN5. The molecule has 58 valence electrons. The molecular weight excluding hydrogens is 176 g/mol. The van der Waals surface area contributed by atoms with Crippen LogP contribution in [-0.4, -0.2) is 27.4 Å². The molecule has 2 radical (unpaired) electrons. The van der Waals surface area contributed by atoms with Crippen molar-refractivity contribution in [3.05, 3.63) is 11.6 Å². The predicted octanol–water partition coefficient (Wildman–Crippen LogP) is -0.00650. The molecule has 2 N–H and O–H groups in total. The molecule has 0 atom stereocenters. The summed E-state index contributed by atoms with van der Waals surface area (Å²) in [5.41, 5.74) is 6.39. The lowest BCUT2D eigenvalue weighted by Gasteiger charge is -1.96. The fourth-order valence-corrected chi connectivity index (χ4v) is 1.08. The lowest BCUT2D eigenvalue weighted by Crippen LogP contribution is -1.97. The lowest BCUT2D eigenvalue weighted by atomic mass is 10.4. The zero-order valence-corrected chi connectivity index (χ0v) is 6.65. The number of aromatic nitrogens is 4. The molecule has 0 aliphatic carbocycles. The average Bonchev–Trinajstić information content (AvgIpc) is 2.33. The van der Waals surface area contributed by atoms with E-state index in [1.54, 1.807) is 0 Å². The summed E-state index contributed by atoms with van der Waals surface area (Å²) in [6.07, 6.45) is 1.39. The highest BCUT2D eigenvalue weighted by atomic mass is 35.5. The zero-order chi connectivity index (χ0) is 8.72. The summed E-state index contributed by atoms with van der Waals surface area (Å²) in [5, 5.41) is 0.0622. The maximum Gasteiger partial charge on any atom is 0.238 e. The smallest absolute Gasteiger partial charge is 0.238 e. The van der Waals surface area contributed by atoms with Crippen molar-refractivity contribution in [2.24, 2.45) is 0 Å². The molecule has 0 bridgehead atoms. The molecule has 2 aromatic heterocycles. The Kier molecular flexibility index (Phi) is 1.44. The molecule has 0 aromatic carbocycles. The minimum absolute atomic E-state index is 0.0622. The van der Waals surface area contributed by atoms with Crippen molar-refractivity contribution in [1.82, 2.24) is 19.4 Å². The van der Waals surface area contributed by atoms with Gasteiger partial charge in [-0.2, -0.15) is 9.97 Å². The minimum Gasteiger partial charge on any atom is -0.382 e. The van der Waals surface area contributed by atoms with Crippen molar-refractivity contribution in [2.45, 2.75) is 0 Å². The van der Waals surface area contributed by atoms with Crippen LogP contribution in [-0.2, 0) is 0 Å². The largest absolute Gasteiger partial charge is 0.382 e. The Hall–Kier alpha value is -1.30. The van der Waals surface area contributed by atoms with Gasteiger partial charge in [-0.1, -0.05) is 0 Å². The summed E-state index contributed by atoms with van der Waals surface area (Å²) in [4.78, 5) is 11.4. The maximum atomic E-state index is 5.55. The molecule has 2 rings (SSSR count). The Morgan fingerprint density at radius 1 is 1.50 bits per heavy atom. The summed E-state index contributed by atoms with van der Waals surface area (Å²) in [6, 6.07) is 0. The number of nitrogens with zero attached hydrogens (tertiary/aromatic N) is 4. The summed E-state index contributed by atoms with van der Waals surface area (Å²) < 4.78 is 1.24. The van der Waals surface area contributed by atoms with E-state index >= 15 is 0 Å². The van der Waals surface area contributed by atoms with Crippen LogP contribution in [0.15, 0.2) is 6.33 Å². The maximum absolute atomic E-state index is 5.55. The molecule has 0 aliphatic rings. The fraction of sp³-hybridized carbons (Fsp3) is 0. The topological polar surface area (TPSA) is 69.6 Å². The number of hydrogen-bond acceptors (Lipinski definition) is 4. The second-order valence-corrected chi connectivity index (χ2v) is 2.54. The van der Waals surface area contributed by atoms with Crippen molar-refractivity contribution in [3.63, 3.8) is 0 Å². The van der Waals surface area contributed by atoms with Gasteiger partial charge in [-0.3, -0.25) is 0 Å². The van der Waals surface area contributed by atoms with E-state index in [0.717, 1.165) is 0 Å². The van der Waals surface area contributed by atoms with Gasteiger partial charge in [0.15, 0.2) is 11.5 Å². The minimum atomic E-state index is 0.0622. The van der Waals surface area contributed by atoms with Crippen LogP contribution in [0.3, 0.4) is 0 Å². The molecule has 0 unspecified atom stereocenters. The van der Waals surface area contributed by atoms with Gasteiger partial charge in [-0.15, -0.1) is 0 Å². The number of hydrogen-bond donors (Lipinski definition) is 1. The molecule has 0 fully saturated rings. The molecule has 0 saturated heterocycles. The van der Waals surface area contributed by atoms with Gasteiger partial charge < -0.3 is 10.2 Å². The standard InChI is InChI=1S/C5H3BClN5/c6-12-1-9-2-3(8)10-5(7)11-4(2)12/h1H,(H2,8,10,11). The van der Waals surface area contributed by atoms with E-state index in [1.165, 1.54) is 10.8 Å². The summed E-state index contributed by atoms with van der Waals surface area (Å²) in [7, 11) is 5.46. The first-order valence-electron chi connectivity index (χ1n) is 3.09. The summed E-state index contributed by atoms with van der Waals surface area (Å²) >= 11 is 5.55. The van der Waals surface area contributed by atoms with Crippen LogP contribution in [0.1, 0.15) is 0 Å². The molecule has 2 heterocycles. The Bertz CT molecular complexity index is 439. The highest BCUT2D eigenvalue weighted by molar-refractivity contribution is 6.28. The number of rotatable bonds is 0. The SMILES string of the molecule is [B]n1cnc2c(N)nc(Cl)nc21. The first-order chi connectivity index (χ1) is 5.68. The van der Waals surface area contributed by atoms with Crippen molar-refractivity contribution in [1.29, 1.82) is 0 Å². The number of fused-ring (bicyclic) bond motifs is 1. The molecule has 0 aliphatic heterocycles. The van der Waals surface area contributed by atoms with Crippen molar-refractivity contribution in [2.75, 3.05) is 5.73 Å².